The molecule has 4 aromatic heterocycles. The Morgan fingerprint density at radius 2 is 1.00 bits per heavy atom. The van der Waals surface area contributed by atoms with E-state index in [9.17, 15) is 30.3 Å². The number of aliphatic hydroxyl groups excluding tert-OH is 2. The van der Waals surface area contributed by atoms with E-state index in [1.807, 2.05) is 36.4 Å². The van der Waals surface area contributed by atoms with Crippen LogP contribution in [0, 0.1) is 22.7 Å². The van der Waals surface area contributed by atoms with Gasteiger partial charge in [-0.25, -0.2) is 0 Å². The highest BCUT2D eigenvalue weighted by molar-refractivity contribution is 9.10. The molecular formula is C48H42Br2Cl2N8O10. The van der Waals surface area contributed by atoms with Gasteiger partial charge in [0.2, 0.25) is 23.5 Å². The van der Waals surface area contributed by atoms with E-state index in [-0.39, 0.29) is 76.1 Å². The highest BCUT2D eigenvalue weighted by Gasteiger charge is 2.20. The van der Waals surface area contributed by atoms with Crippen molar-refractivity contribution in [3.05, 3.63) is 149 Å². The fraction of sp³-hybridized carbons (Fsp3) is 0.250. The Hall–Kier alpha value is -6.46. The number of nitrogens with one attached hydrogen (secondary N) is 2. The zero-order chi connectivity index (χ0) is 50.2. The van der Waals surface area contributed by atoms with Gasteiger partial charge < -0.3 is 50.0 Å². The third kappa shape index (κ3) is 15.3. The molecule has 0 fully saturated rings. The van der Waals surface area contributed by atoms with E-state index in [0.29, 0.717) is 74.6 Å². The topological polar surface area (TPSA) is 275 Å². The first-order valence-corrected chi connectivity index (χ1v) is 23.4. The van der Waals surface area contributed by atoms with Crippen molar-refractivity contribution < 1.29 is 49.0 Å². The largest absolute Gasteiger partial charge is 0.481 e. The lowest BCUT2D eigenvalue weighted by Crippen LogP contribution is -2.28. The molecule has 0 saturated heterocycles. The second kappa shape index (κ2) is 25.9. The molecule has 0 unspecified atom stereocenters. The molecule has 0 radical (unpaired) electrons. The zero-order valence-corrected chi connectivity index (χ0v) is 41.4. The van der Waals surface area contributed by atoms with Crippen LogP contribution in [0.15, 0.2) is 94.4 Å². The predicted octanol–water partition coefficient (Wildman–Crippen LogP) is 7.68. The number of nitriles is 2. The number of pyridine rings is 4. The minimum absolute atomic E-state index is 0.00305. The first-order valence-electron chi connectivity index (χ1n) is 21.1. The maximum absolute atomic E-state index is 11.0. The van der Waals surface area contributed by atoms with Crippen LogP contribution in [0.25, 0.3) is 11.1 Å². The van der Waals surface area contributed by atoms with Gasteiger partial charge in [-0.2, -0.15) is 20.5 Å². The Balaban J connectivity index is 1.18. The van der Waals surface area contributed by atoms with Gasteiger partial charge in [0.25, 0.3) is 0 Å². The summed E-state index contributed by atoms with van der Waals surface area (Å²) in [4.78, 5) is 39.5. The SMILES string of the molecule is N#Cc1cncc(COc2nc(OCc3cccc(-c4cccc(COc5nc(OCc6cncc(C#N)c6)c(CNC[C@@H](O)CC(=O)O)cc5Br)c4Cl)c3Cl)c(Br)cc2CNC[C@@H](O)CC(=O)O)c1. The van der Waals surface area contributed by atoms with Gasteiger partial charge in [-0.05, 0) is 56.1 Å². The van der Waals surface area contributed by atoms with Gasteiger partial charge >= 0.3 is 11.9 Å². The molecule has 18 nitrogen and oxygen atoms in total. The fourth-order valence-corrected chi connectivity index (χ4v) is 8.16. The Bertz CT molecular complexity index is 2730. The summed E-state index contributed by atoms with van der Waals surface area (Å²) in [5, 5.41) is 63.6. The number of halogens is 4. The molecule has 4 heterocycles. The van der Waals surface area contributed by atoms with E-state index in [1.54, 1.807) is 48.8 Å². The van der Waals surface area contributed by atoms with Crippen LogP contribution in [0.1, 0.15) is 57.3 Å². The molecule has 362 valence electrons. The lowest BCUT2D eigenvalue weighted by molar-refractivity contribution is -0.140. The van der Waals surface area contributed by atoms with Crippen LogP contribution in [-0.4, -0.2) is 77.6 Å². The molecule has 0 aliphatic rings. The number of carboxylic acid groups (broad SMARTS) is 2. The fourth-order valence-electron chi connectivity index (χ4n) is 6.64. The van der Waals surface area contributed by atoms with E-state index in [0.717, 1.165) is 0 Å². The van der Waals surface area contributed by atoms with Crippen LogP contribution in [0.2, 0.25) is 10.0 Å². The summed E-state index contributed by atoms with van der Waals surface area (Å²) >= 11 is 21.2. The van der Waals surface area contributed by atoms with Crippen LogP contribution in [0.5, 0.6) is 23.5 Å². The number of carbonyl (C=O) groups is 2. The van der Waals surface area contributed by atoms with E-state index in [4.69, 9.17) is 52.4 Å². The summed E-state index contributed by atoms with van der Waals surface area (Å²) in [6, 6.07) is 21.7. The van der Waals surface area contributed by atoms with Gasteiger partial charge in [0.05, 0.1) is 55.2 Å². The molecule has 0 bridgehead atoms. The van der Waals surface area contributed by atoms with E-state index >= 15 is 0 Å². The van der Waals surface area contributed by atoms with E-state index in [1.165, 1.54) is 12.4 Å². The Morgan fingerprint density at radius 3 is 1.39 bits per heavy atom. The Labute approximate surface area is 428 Å². The molecule has 0 aliphatic heterocycles. The maximum Gasteiger partial charge on any atom is 0.306 e. The molecule has 0 saturated carbocycles. The van der Waals surface area contributed by atoms with Crippen LogP contribution >= 0.6 is 55.1 Å². The van der Waals surface area contributed by atoms with E-state index < -0.39 is 37.0 Å². The number of aromatic nitrogens is 4. The number of rotatable bonds is 25. The van der Waals surface area contributed by atoms with Crippen molar-refractivity contribution in [2.75, 3.05) is 13.1 Å². The highest BCUT2D eigenvalue weighted by Crippen LogP contribution is 2.39. The summed E-state index contributed by atoms with van der Waals surface area (Å²) in [5.74, 6) is -1.56. The second-order valence-electron chi connectivity index (χ2n) is 15.3. The number of benzene rings is 2. The molecule has 70 heavy (non-hydrogen) atoms. The molecule has 0 aliphatic carbocycles. The smallest absolute Gasteiger partial charge is 0.306 e. The summed E-state index contributed by atoms with van der Waals surface area (Å²) in [5.41, 5.74) is 5.51. The average molecular weight is 1120 g/mol. The second-order valence-corrected chi connectivity index (χ2v) is 17.8. The molecule has 6 rings (SSSR count). The van der Waals surface area contributed by atoms with Gasteiger partial charge in [-0.1, -0.05) is 59.6 Å². The molecule has 6 N–H and O–H groups in total. The maximum atomic E-state index is 11.0. The van der Waals surface area contributed by atoms with Gasteiger partial charge in [-0.15, -0.1) is 0 Å². The molecule has 2 aromatic carbocycles. The van der Waals surface area contributed by atoms with Crippen molar-refractivity contribution in [1.29, 1.82) is 10.5 Å². The Morgan fingerprint density at radius 1 is 0.600 bits per heavy atom. The first kappa shape index (κ1) is 52.9. The summed E-state index contributed by atoms with van der Waals surface area (Å²) < 4.78 is 25.5. The van der Waals surface area contributed by atoms with Crippen LogP contribution in [0.3, 0.4) is 0 Å². The number of aliphatic hydroxyl groups is 2. The third-order valence-electron chi connectivity index (χ3n) is 9.95. The average Bonchev–Trinajstić information content (AvgIpc) is 3.33. The molecule has 6 aromatic rings. The molecule has 0 amide bonds. The minimum Gasteiger partial charge on any atom is -0.481 e. The standard InChI is InChI=1S/C48H42Br2Cl2N8O10/c49-39-9-33(19-57-21-35(61)11-41(63)64)45(67-23-29-7-27(13-53)15-55-17-29)59-47(39)69-25-31-3-1-5-37(43(31)51)38-6-2-4-32(44(38)52)26-70-48-40(50)10-34(20-58-22-36(62)12-42(65)66)46(60-48)68-24-30-8-28(14-54)16-56-18-30/h1-10,15-18,35-36,57-58,61-62H,11-12,19-26H2,(H,63,64)(H,65,66)/t35-,36-/m0/s1. The van der Waals surface area contributed by atoms with Crippen LogP contribution in [-0.2, 0) is 49.1 Å². The summed E-state index contributed by atoms with van der Waals surface area (Å²) in [6.07, 6.45) is 2.90. The quantitative estimate of drug-likeness (QED) is 0.0321. The van der Waals surface area contributed by atoms with Crippen molar-refractivity contribution in [2.45, 2.75) is 64.6 Å². The van der Waals surface area contributed by atoms with Crippen molar-refractivity contribution in [3.63, 3.8) is 0 Å². The van der Waals surface area contributed by atoms with Gasteiger partial charge in [0.1, 0.15) is 38.6 Å². The number of carboxylic acids is 2. The van der Waals surface area contributed by atoms with E-state index in [2.05, 4.69) is 62.4 Å². The van der Waals surface area contributed by atoms with Crippen molar-refractivity contribution in [1.82, 2.24) is 30.6 Å². The normalized spacial score (nSPS) is 11.8. The van der Waals surface area contributed by atoms with Gasteiger partial charge in [-0.3, -0.25) is 19.6 Å². The number of nitrogens with zero attached hydrogens (tertiary/aromatic N) is 6. The van der Waals surface area contributed by atoms with Crippen molar-refractivity contribution in [2.24, 2.45) is 0 Å². The lowest BCUT2D eigenvalue weighted by atomic mass is 10.0. The molecule has 22 heteroatoms. The first-order chi connectivity index (χ1) is 33.7. The summed E-state index contributed by atoms with van der Waals surface area (Å²) in [6.45, 7) is 0.290. The highest BCUT2D eigenvalue weighted by atomic mass is 79.9. The number of aliphatic carboxylic acids is 2. The summed E-state index contributed by atoms with van der Waals surface area (Å²) in [7, 11) is 0. The minimum atomic E-state index is -1.13. The number of hydrogen-bond acceptors (Lipinski definition) is 16. The number of hydrogen-bond donors (Lipinski definition) is 6. The van der Waals surface area contributed by atoms with Crippen molar-refractivity contribution >= 4 is 67.0 Å². The number of ether oxygens (including phenoxy) is 4. The molecular weight excluding hydrogens is 1080 g/mol. The van der Waals surface area contributed by atoms with Crippen LogP contribution in [0.4, 0.5) is 0 Å². The van der Waals surface area contributed by atoms with Crippen molar-refractivity contribution in [3.8, 4) is 46.8 Å². The van der Waals surface area contributed by atoms with Gasteiger partial charge in [0, 0.05) is 95.5 Å². The Kier molecular flexibility index (Phi) is 19.6. The van der Waals surface area contributed by atoms with Crippen LogP contribution < -0.4 is 29.6 Å². The zero-order valence-electron chi connectivity index (χ0n) is 36.7. The molecule has 2 atom stereocenters. The predicted molar refractivity (Wildman–Crippen MR) is 261 cm³/mol. The molecule has 0 spiro atoms. The van der Waals surface area contributed by atoms with Gasteiger partial charge in [0.15, 0.2) is 0 Å². The third-order valence-corrected chi connectivity index (χ3v) is 12.0. The monoisotopic (exact) mass is 1120 g/mol. The lowest BCUT2D eigenvalue weighted by Gasteiger charge is -2.17.